The Labute approximate surface area is 106 Å². The van der Waals surface area contributed by atoms with Crippen molar-refractivity contribution in [1.29, 1.82) is 0 Å². The number of ether oxygens (including phenoxy) is 1. The van der Waals surface area contributed by atoms with Crippen LogP contribution >= 0.6 is 11.3 Å². The number of alkyl halides is 2. The molecular weight excluding hydrogens is 262 g/mol. The molecule has 0 unspecified atom stereocenters. The van der Waals surface area contributed by atoms with Gasteiger partial charge in [-0.1, -0.05) is 0 Å². The fourth-order valence-corrected chi connectivity index (χ4v) is 2.24. The van der Waals surface area contributed by atoms with E-state index in [1.807, 2.05) is 11.4 Å². The molecule has 0 aliphatic carbocycles. The Morgan fingerprint density at radius 1 is 1.44 bits per heavy atom. The van der Waals surface area contributed by atoms with E-state index in [2.05, 4.69) is 15.4 Å². The molecule has 0 aromatic carbocycles. The van der Waals surface area contributed by atoms with E-state index in [4.69, 9.17) is 10.6 Å². The van der Waals surface area contributed by atoms with Gasteiger partial charge in [-0.15, -0.1) is 11.3 Å². The molecule has 3 N–H and O–H groups in total. The van der Waals surface area contributed by atoms with Crippen LogP contribution in [0.3, 0.4) is 0 Å². The number of nitrogens with one attached hydrogen (secondary N) is 1. The molecule has 0 spiro atoms. The minimum Gasteiger partial charge on any atom is -0.375 e. The van der Waals surface area contributed by atoms with Crippen LogP contribution in [-0.2, 0) is 11.2 Å². The van der Waals surface area contributed by atoms with E-state index >= 15 is 0 Å². The summed E-state index contributed by atoms with van der Waals surface area (Å²) in [7, 11) is 0. The summed E-state index contributed by atoms with van der Waals surface area (Å²) >= 11 is 1.47. The topological polar surface area (TPSA) is 73.1 Å². The van der Waals surface area contributed by atoms with Gasteiger partial charge in [0.1, 0.15) is 17.3 Å². The molecule has 0 aliphatic heterocycles. The van der Waals surface area contributed by atoms with Gasteiger partial charge >= 0.3 is 0 Å². The molecule has 18 heavy (non-hydrogen) atoms. The minimum atomic E-state index is -2.45. The van der Waals surface area contributed by atoms with Gasteiger partial charge in [0.2, 0.25) is 0 Å². The summed E-state index contributed by atoms with van der Waals surface area (Å²) in [5.41, 5.74) is 2.50. The Kier molecular flexibility index (Phi) is 4.34. The Bertz CT molecular complexity index is 520. The summed E-state index contributed by atoms with van der Waals surface area (Å²) < 4.78 is 28.5. The van der Waals surface area contributed by atoms with Crippen molar-refractivity contribution in [3.05, 3.63) is 17.3 Å². The third-order valence-corrected chi connectivity index (χ3v) is 3.03. The number of nitrogen functional groups attached to an aromatic ring is 1. The van der Waals surface area contributed by atoms with Crippen molar-refractivity contribution in [2.24, 2.45) is 5.84 Å². The lowest BCUT2D eigenvalue weighted by Crippen LogP contribution is -2.12. The first kappa shape index (κ1) is 13.1. The zero-order valence-corrected chi connectivity index (χ0v) is 10.2. The van der Waals surface area contributed by atoms with Gasteiger partial charge in [-0.05, 0) is 11.4 Å². The molecule has 0 fully saturated rings. The Morgan fingerprint density at radius 3 is 3.00 bits per heavy atom. The van der Waals surface area contributed by atoms with Crippen molar-refractivity contribution in [2.45, 2.75) is 12.8 Å². The van der Waals surface area contributed by atoms with E-state index in [9.17, 15) is 8.78 Å². The normalized spacial score (nSPS) is 11.3. The summed E-state index contributed by atoms with van der Waals surface area (Å²) in [5.74, 6) is 6.43. The van der Waals surface area contributed by atoms with Crippen LogP contribution in [-0.4, -0.2) is 29.6 Å². The van der Waals surface area contributed by atoms with Gasteiger partial charge in [0.15, 0.2) is 5.82 Å². The molecule has 0 saturated heterocycles. The summed E-state index contributed by atoms with van der Waals surface area (Å²) in [6.45, 7) is -0.408. The van der Waals surface area contributed by atoms with Crippen LogP contribution in [0.1, 0.15) is 5.82 Å². The molecule has 0 saturated carbocycles. The first-order valence-corrected chi connectivity index (χ1v) is 6.15. The molecule has 0 amide bonds. The number of aromatic nitrogens is 2. The zero-order chi connectivity index (χ0) is 13.0. The van der Waals surface area contributed by atoms with Gasteiger partial charge in [-0.2, -0.15) is 0 Å². The van der Waals surface area contributed by atoms with Crippen LogP contribution in [0, 0.1) is 0 Å². The number of rotatable bonds is 6. The number of nitrogens with zero attached hydrogens (tertiary/aromatic N) is 2. The van der Waals surface area contributed by atoms with E-state index in [-0.39, 0.29) is 6.61 Å². The van der Waals surface area contributed by atoms with Crippen molar-refractivity contribution in [3.63, 3.8) is 0 Å². The maximum atomic E-state index is 11.9. The first-order chi connectivity index (χ1) is 8.70. The number of hydrogen-bond acceptors (Lipinski definition) is 6. The summed E-state index contributed by atoms with van der Waals surface area (Å²) in [5, 5.41) is 2.73. The lowest BCUT2D eigenvalue weighted by Gasteiger charge is -2.05. The van der Waals surface area contributed by atoms with Crippen LogP contribution in [0.4, 0.5) is 14.6 Å². The van der Waals surface area contributed by atoms with Gasteiger partial charge in [0, 0.05) is 6.42 Å². The summed E-state index contributed by atoms with van der Waals surface area (Å²) in [6.07, 6.45) is -2.08. The lowest BCUT2D eigenvalue weighted by molar-refractivity contribution is 0.0183. The van der Waals surface area contributed by atoms with Crippen molar-refractivity contribution in [1.82, 2.24) is 9.97 Å². The van der Waals surface area contributed by atoms with Gasteiger partial charge in [0.25, 0.3) is 6.43 Å². The predicted molar refractivity (Wildman–Crippen MR) is 65.8 cm³/mol. The lowest BCUT2D eigenvalue weighted by atomic mass is 10.3. The Morgan fingerprint density at radius 2 is 2.28 bits per heavy atom. The molecule has 0 bridgehead atoms. The minimum absolute atomic E-state index is 0.158. The number of hydrogen-bond donors (Lipinski definition) is 2. The third kappa shape index (κ3) is 3.09. The molecule has 2 heterocycles. The molecule has 0 aliphatic rings. The maximum Gasteiger partial charge on any atom is 0.261 e. The largest absolute Gasteiger partial charge is 0.375 e. The maximum absolute atomic E-state index is 11.9. The SMILES string of the molecule is NNc1nc(CCOCC(F)F)nc2sccc12. The monoisotopic (exact) mass is 274 g/mol. The summed E-state index contributed by atoms with van der Waals surface area (Å²) in [6, 6.07) is 1.87. The molecule has 2 aromatic rings. The smallest absolute Gasteiger partial charge is 0.261 e. The van der Waals surface area contributed by atoms with Crippen LogP contribution < -0.4 is 11.3 Å². The van der Waals surface area contributed by atoms with Gasteiger partial charge in [-0.25, -0.2) is 24.6 Å². The highest BCUT2D eigenvalue weighted by Crippen LogP contribution is 2.24. The number of nitrogens with two attached hydrogens (primary N) is 1. The van der Waals surface area contributed by atoms with Crippen LogP contribution in [0.5, 0.6) is 0 Å². The van der Waals surface area contributed by atoms with E-state index in [1.165, 1.54) is 11.3 Å². The highest BCUT2D eigenvalue weighted by Gasteiger charge is 2.08. The molecule has 2 aromatic heterocycles. The van der Waals surface area contributed by atoms with E-state index in [0.717, 1.165) is 10.2 Å². The second-order valence-electron chi connectivity index (χ2n) is 3.49. The van der Waals surface area contributed by atoms with Crippen molar-refractivity contribution in [2.75, 3.05) is 18.6 Å². The van der Waals surface area contributed by atoms with Crippen molar-refractivity contribution >= 4 is 27.4 Å². The fourth-order valence-electron chi connectivity index (χ4n) is 1.46. The number of anilines is 1. The first-order valence-electron chi connectivity index (χ1n) is 5.27. The second kappa shape index (κ2) is 5.98. The molecule has 0 atom stereocenters. The highest BCUT2D eigenvalue weighted by atomic mass is 32.1. The van der Waals surface area contributed by atoms with Gasteiger partial charge < -0.3 is 10.2 Å². The highest BCUT2D eigenvalue weighted by molar-refractivity contribution is 7.16. The Hall–Kier alpha value is -1.38. The average molecular weight is 274 g/mol. The second-order valence-corrected chi connectivity index (χ2v) is 4.38. The third-order valence-electron chi connectivity index (χ3n) is 2.22. The van der Waals surface area contributed by atoms with E-state index < -0.39 is 13.0 Å². The van der Waals surface area contributed by atoms with E-state index in [0.29, 0.717) is 18.1 Å². The fraction of sp³-hybridized carbons (Fsp3) is 0.400. The van der Waals surface area contributed by atoms with E-state index in [1.54, 1.807) is 0 Å². The average Bonchev–Trinajstić information content (AvgIpc) is 2.81. The molecule has 5 nitrogen and oxygen atoms in total. The number of hydrazine groups is 1. The molecule has 0 radical (unpaired) electrons. The van der Waals surface area contributed by atoms with Crippen LogP contribution in [0.25, 0.3) is 10.2 Å². The van der Waals surface area contributed by atoms with Crippen molar-refractivity contribution in [3.8, 4) is 0 Å². The Balaban J connectivity index is 2.04. The standard InChI is InChI=1S/C10H12F2N4OS/c11-7(12)5-17-3-1-8-14-9(16-13)6-2-4-18-10(6)15-8/h2,4,7H,1,3,5,13H2,(H,14,15,16). The molecule has 8 heteroatoms. The molecule has 2 rings (SSSR count). The molecule has 98 valence electrons. The molecular formula is C10H12F2N4OS. The van der Waals surface area contributed by atoms with Crippen molar-refractivity contribution < 1.29 is 13.5 Å². The zero-order valence-electron chi connectivity index (χ0n) is 9.40. The quantitative estimate of drug-likeness (QED) is 0.477. The van der Waals surface area contributed by atoms with Crippen LogP contribution in [0.15, 0.2) is 11.4 Å². The number of halogens is 2. The number of fused-ring (bicyclic) bond motifs is 1. The van der Waals surface area contributed by atoms with Crippen LogP contribution in [0.2, 0.25) is 0 Å². The predicted octanol–water partition coefficient (Wildman–Crippen LogP) is 1.80. The van der Waals surface area contributed by atoms with Gasteiger partial charge in [0.05, 0.1) is 12.0 Å². The van der Waals surface area contributed by atoms with Gasteiger partial charge in [-0.3, -0.25) is 0 Å². The number of thiophene rings is 1. The summed E-state index contributed by atoms with van der Waals surface area (Å²) in [4.78, 5) is 9.31.